The van der Waals surface area contributed by atoms with Crippen LogP contribution in [0.1, 0.15) is 39.0 Å². The summed E-state index contributed by atoms with van der Waals surface area (Å²) < 4.78 is 47.4. The fraction of sp³-hybridized carbons (Fsp3) is 0.136. The average Bonchev–Trinajstić information content (AvgIpc) is 3.28. The topological polar surface area (TPSA) is 76.5 Å². The van der Waals surface area contributed by atoms with E-state index in [1.54, 1.807) is 24.3 Å². The van der Waals surface area contributed by atoms with E-state index in [2.05, 4.69) is 22.2 Å². The van der Waals surface area contributed by atoms with Crippen molar-refractivity contribution in [3.8, 4) is 11.1 Å². The monoisotopic (exact) mass is 423 g/mol. The number of aromatic amines is 1. The number of halogens is 3. The van der Waals surface area contributed by atoms with E-state index in [0.29, 0.717) is 10.1 Å². The molecule has 9 heteroatoms. The molecule has 0 spiro atoms. The number of nitrogens with zero attached hydrogens (tertiary/aromatic N) is 2. The highest BCUT2D eigenvalue weighted by Crippen LogP contribution is 2.39. The Bertz CT molecular complexity index is 1400. The van der Waals surface area contributed by atoms with Crippen molar-refractivity contribution < 1.29 is 22.7 Å². The van der Waals surface area contributed by atoms with Crippen LogP contribution in [0.5, 0.6) is 0 Å². The lowest BCUT2D eigenvalue weighted by Gasteiger charge is -2.13. The Morgan fingerprint density at radius 2 is 1.90 bits per heavy atom. The zero-order valence-electron chi connectivity index (χ0n) is 15.9. The summed E-state index contributed by atoms with van der Waals surface area (Å²) in [7, 11) is 0. The van der Waals surface area contributed by atoms with Crippen molar-refractivity contribution in [3.05, 3.63) is 93.0 Å². The van der Waals surface area contributed by atoms with Gasteiger partial charge in [-0.2, -0.15) is 22.8 Å². The molecule has 0 radical (unpaired) electrons. The Kier molecular flexibility index (Phi) is 3.95. The first-order chi connectivity index (χ1) is 14.8. The zero-order chi connectivity index (χ0) is 21.9. The molecule has 5 rings (SSSR count). The van der Waals surface area contributed by atoms with Gasteiger partial charge in [0.15, 0.2) is 11.8 Å². The minimum atomic E-state index is -4.79. The summed E-state index contributed by atoms with van der Waals surface area (Å²) in [5, 5.41) is 3.60. The highest BCUT2D eigenvalue weighted by Gasteiger charge is 2.41. The van der Waals surface area contributed by atoms with Crippen LogP contribution < -0.4 is 5.56 Å². The quantitative estimate of drug-likeness (QED) is 0.497. The molecule has 0 saturated heterocycles. The second kappa shape index (κ2) is 6.47. The molecule has 3 heterocycles. The Labute approximate surface area is 172 Å². The second-order valence-electron chi connectivity index (χ2n) is 7.03. The number of hydrogen-bond donors (Lipinski definition) is 1. The van der Waals surface area contributed by atoms with E-state index < -0.39 is 29.5 Å². The van der Waals surface area contributed by atoms with Gasteiger partial charge in [0.25, 0.3) is 5.56 Å². The predicted octanol–water partition coefficient (Wildman–Crippen LogP) is 3.88. The van der Waals surface area contributed by atoms with Crippen molar-refractivity contribution in [2.75, 3.05) is 0 Å². The SMILES string of the molecule is Cc1[nH]c2c(-c3ccccc3)c(C(F)(F)F)nn2c(=O)c1C1OC(=O)c2c#cccc21. The molecule has 0 aliphatic carbocycles. The highest BCUT2D eigenvalue weighted by atomic mass is 19.4. The Morgan fingerprint density at radius 3 is 2.61 bits per heavy atom. The molecule has 1 unspecified atom stereocenters. The first kappa shape index (κ1) is 18.9. The smallest absolute Gasteiger partial charge is 0.435 e. The number of cyclic esters (lactones) is 1. The van der Waals surface area contributed by atoms with E-state index in [-0.39, 0.29) is 33.6 Å². The Balaban J connectivity index is 1.81. The molecule has 1 N–H and O–H groups in total. The van der Waals surface area contributed by atoms with Crippen LogP contribution in [0.4, 0.5) is 13.2 Å². The number of hydrogen-bond acceptors (Lipinski definition) is 4. The van der Waals surface area contributed by atoms with E-state index in [0.717, 1.165) is 0 Å². The maximum absolute atomic E-state index is 13.8. The third kappa shape index (κ3) is 2.79. The molecular weight excluding hydrogens is 411 g/mol. The number of nitrogens with one attached hydrogen (secondary N) is 1. The van der Waals surface area contributed by atoms with Gasteiger partial charge < -0.3 is 9.72 Å². The minimum absolute atomic E-state index is 0.00460. The van der Waals surface area contributed by atoms with Crippen molar-refractivity contribution >= 4 is 11.6 Å². The van der Waals surface area contributed by atoms with Crippen LogP contribution in [-0.4, -0.2) is 20.6 Å². The molecular formula is C22H12F3N3O3. The standard InChI is InChI=1S/C22H12F3N3O3/c1-11-15(17-13-9-5-6-10-14(13)21(30)31-17)20(29)28-19(26-11)16(12-7-3-2-4-8-12)18(27-28)22(23,24)25/h2-5,7-9,17,26H,1H3. The molecule has 2 aromatic heterocycles. The predicted molar refractivity (Wildman–Crippen MR) is 102 cm³/mol. The lowest BCUT2D eigenvalue weighted by Crippen LogP contribution is -2.25. The van der Waals surface area contributed by atoms with Crippen LogP contribution in [0.3, 0.4) is 0 Å². The van der Waals surface area contributed by atoms with Crippen LogP contribution in [0.15, 0.2) is 47.3 Å². The maximum atomic E-state index is 13.8. The number of aromatic nitrogens is 3. The largest absolute Gasteiger partial charge is 0.448 e. The van der Waals surface area contributed by atoms with Gasteiger partial charge in [-0.1, -0.05) is 42.5 Å². The molecule has 4 aromatic rings. The molecule has 0 saturated carbocycles. The minimum Gasteiger partial charge on any atom is -0.448 e. The molecule has 0 bridgehead atoms. The van der Waals surface area contributed by atoms with Gasteiger partial charge in [0, 0.05) is 11.3 Å². The summed E-state index contributed by atoms with van der Waals surface area (Å²) >= 11 is 0. The summed E-state index contributed by atoms with van der Waals surface area (Å²) in [6.07, 6.45) is -5.87. The van der Waals surface area contributed by atoms with Crippen LogP contribution >= 0.6 is 0 Å². The first-order valence-corrected chi connectivity index (χ1v) is 9.18. The number of fused-ring (bicyclic) bond motifs is 2. The Morgan fingerprint density at radius 1 is 1.16 bits per heavy atom. The van der Waals surface area contributed by atoms with E-state index in [1.165, 1.54) is 25.1 Å². The molecule has 6 nitrogen and oxygen atoms in total. The van der Waals surface area contributed by atoms with E-state index in [1.807, 2.05) is 0 Å². The molecule has 31 heavy (non-hydrogen) atoms. The number of carbonyl (C=O) groups excluding carboxylic acids is 1. The lowest BCUT2D eigenvalue weighted by molar-refractivity contribution is -0.140. The molecule has 1 atom stereocenters. The summed E-state index contributed by atoms with van der Waals surface area (Å²) in [6, 6.07) is 16.3. The lowest BCUT2D eigenvalue weighted by atomic mass is 10.00. The fourth-order valence-electron chi connectivity index (χ4n) is 3.82. The van der Waals surface area contributed by atoms with Crippen molar-refractivity contribution in [1.29, 1.82) is 0 Å². The summed E-state index contributed by atoms with van der Waals surface area (Å²) in [4.78, 5) is 28.3. The van der Waals surface area contributed by atoms with Gasteiger partial charge in [-0.15, -0.1) is 0 Å². The molecule has 1 aliphatic rings. The van der Waals surface area contributed by atoms with Gasteiger partial charge >= 0.3 is 12.1 Å². The van der Waals surface area contributed by atoms with Crippen LogP contribution in [0.2, 0.25) is 0 Å². The van der Waals surface area contributed by atoms with Crippen LogP contribution in [0.25, 0.3) is 16.8 Å². The van der Waals surface area contributed by atoms with Gasteiger partial charge in [-0.25, -0.2) is 4.79 Å². The number of aryl methyl sites for hydroxylation is 1. The summed E-state index contributed by atoms with van der Waals surface area (Å²) in [6.45, 7) is 1.54. The van der Waals surface area contributed by atoms with E-state index >= 15 is 0 Å². The van der Waals surface area contributed by atoms with Crippen molar-refractivity contribution in [2.45, 2.75) is 19.2 Å². The van der Waals surface area contributed by atoms with E-state index in [4.69, 9.17) is 4.74 Å². The fourth-order valence-corrected chi connectivity index (χ4v) is 3.82. The van der Waals surface area contributed by atoms with Crippen molar-refractivity contribution in [2.24, 2.45) is 0 Å². The zero-order valence-corrected chi connectivity index (χ0v) is 15.9. The summed E-state index contributed by atoms with van der Waals surface area (Å²) in [5.41, 5.74) is -1.27. The number of alkyl halides is 3. The van der Waals surface area contributed by atoms with Gasteiger partial charge in [-0.3, -0.25) is 4.79 Å². The second-order valence-corrected chi connectivity index (χ2v) is 7.03. The van der Waals surface area contributed by atoms with Gasteiger partial charge in [-0.05, 0) is 24.6 Å². The Hall–Kier alpha value is -4.06. The third-order valence-electron chi connectivity index (χ3n) is 5.15. The molecule has 2 aromatic carbocycles. The van der Waals surface area contributed by atoms with Crippen molar-refractivity contribution in [3.63, 3.8) is 0 Å². The van der Waals surface area contributed by atoms with Gasteiger partial charge in [0.05, 0.1) is 11.1 Å². The highest BCUT2D eigenvalue weighted by molar-refractivity contribution is 5.93. The van der Waals surface area contributed by atoms with Crippen LogP contribution in [0, 0.1) is 19.1 Å². The average molecular weight is 423 g/mol. The number of H-pyrrole nitrogens is 1. The first-order valence-electron chi connectivity index (χ1n) is 9.18. The third-order valence-corrected chi connectivity index (χ3v) is 5.15. The normalized spacial score (nSPS) is 15.6. The number of benzene rings is 1. The van der Waals surface area contributed by atoms with E-state index in [9.17, 15) is 22.8 Å². The molecule has 154 valence electrons. The van der Waals surface area contributed by atoms with Gasteiger partial charge in [0.2, 0.25) is 0 Å². The maximum Gasteiger partial charge on any atom is 0.435 e. The molecule has 0 fully saturated rings. The molecule has 0 amide bonds. The summed E-state index contributed by atoms with van der Waals surface area (Å²) in [5.74, 6) is -0.683. The van der Waals surface area contributed by atoms with Gasteiger partial charge in [0.1, 0.15) is 11.2 Å². The number of esters is 1. The number of rotatable bonds is 2. The number of carbonyl (C=O) groups is 1. The van der Waals surface area contributed by atoms with Crippen LogP contribution in [-0.2, 0) is 10.9 Å². The molecule has 1 aliphatic heterocycles. The number of ether oxygens (including phenoxy) is 1. The van der Waals surface area contributed by atoms with Crippen molar-refractivity contribution in [1.82, 2.24) is 14.6 Å².